The van der Waals surface area contributed by atoms with Crippen molar-refractivity contribution in [2.24, 2.45) is 5.92 Å². The summed E-state index contributed by atoms with van der Waals surface area (Å²) in [6.07, 6.45) is 4.43. The summed E-state index contributed by atoms with van der Waals surface area (Å²) in [5.74, 6) is 0.415. The SMILES string of the molecule is O=C(CCCNC(=O)C1CC1)NC(CN1CCCC1=O)c1ccccc1. The van der Waals surface area contributed by atoms with Gasteiger partial charge in [-0.25, -0.2) is 0 Å². The van der Waals surface area contributed by atoms with Crippen molar-refractivity contribution in [1.82, 2.24) is 15.5 Å². The van der Waals surface area contributed by atoms with Gasteiger partial charge in [0.25, 0.3) is 0 Å². The Kier molecular flexibility index (Phi) is 6.26. The highest BCUT2D eigenvalue weighted by Crippen LogP contribution is 2.28. The molecule has 3 amide bonds. The van der Waals surface area contributed by atoms with Crippen molar-refractivity contribution < 1.29 is 14.4 Å². The van der Waals surface area contributed by atoms with Gasteiger partial charge in [0.15, 0.2) is 0 Å². The Morgan fingerprint density at radius 2 is 1.96 bits per heavy atom. The summed E-state index contributed by atoms with van der Waals surface area (Å²) < 4.78 is 0. The van der Waals surface area contributed by atoms with Gasteiger partial charge in [-0.1, -0.05) is 30.3 Å². The number of hydrogen-bond donors (Lipinski definition) is 2. The molecular weight excluding hydrogens is 330 g/mol. The quantitative estimate of drug-likeness (QED) is 0.661. The Morgan fingerprint density at radius 1 is 1.19 bits per heavy atom. The van der Waals surface area contributed by atoms with Crippen molar-refractivity contribution in [1.29, 1.82) is 0 Å². The Hall–Kier alpha value is -2.37. The fourth-order valence-corrected chi connectivity index (χ4v) is 3.25. The van der Waals surface area contributed by atoms with Crippen molar-refractivity contribution in [3.63, 3.8) is 0 Å². The lowest BCUT2D eigenvalue weighted by Gasteiger charge is -2.25. The molecule has 1 heterocycles. The molecule has 0 aromatic heterocycles. The molecule has 6 heteroatoms. The van der Waals surface area contributed by atoms with E-state index in [2.05, 4.69) is 10.6 Å². The van der Waals surface area contributed by atoms with Gasteiger partial charge in [-0.2, -0.15) is 0 Å². The second-order valence-electron chi connectivity index (χ2n) is 7.14. The van der Waals surface area contributed by atoms with E-state index in [9.17, 15) is 14.4 Å². The predicted octanol–water partition coefficient (Wildman–Crippen LogP) is 1.77. The van der Waals surface area contributed by atoms with Crippen LogP contribution < -0.4 is 10.6 Å². The number of nitrogens with one attached hydrogen (secondary N) is 2. The van der Waals surface area contributed by atoms with E-state index in [0.717, 1.165) is 31.4 Å². The fourth-order valence-electron chi connectivity index (χ4n) is 3.25. The molecule has 6 nitrogen and oxygen atoms in total. The average Bonchev–Trinajstić information content (AvgIpc) is 3.43. The molecule has 1 aromatic carbocycles. The maximum Gasteiger partial charge on any atom is 0.223 e. The summed E-state index contributed by atoms with van der Waals surface area (Å²) in [5, 5.41) is 5.94. The number of likely N-dealkylation sites (tertiary alicyclic amines) is 1. The number of benzene rings is 1. The van der Waals surface area contributed by atoms with Crippen LogP contribution in [0.4, 0.5) is 0 Å². The van der Waals surface area contributed by atoms with Crippen LogP contribution >= 0.6 is 0 Å². The molecule has 0 spiro atoms. The topological polar surface area (TPSA) is 78.5 Å². The third-order valence-electron chi connectivity index (χ3n) is 4.94. The molecule has 0 radical (unpaired) electrons. The Morgan fingerprint density at radius 3 is 2.62 bits per heavy atom. The van der Waals surface area contributed by atoms with Crippen molar-refractivity contribution in [3.8, 4) is 0 Å². The van der Waals surface area contributed by atoms with E-state index in [0.29, 0.717) is 32.4 Å². The lowest BCUT2D eigenvalue weighted by atomic mass is 10.1. The highest BCUT2D eigenvalue weighted by atomic mass is 16.2. The molecule has 1 aliphatic carbocycles. The van der Waals surface area contributed by atoms with Crippen LogP contribution in [-0.4, -0.2) is 42.3 Å². The minimum atomic E-state index is -0.202. The van der Waals surface area contributed by atoms with Crippen LogP contribution in [0.25, 0.3) is 0 Å². The standard InChI is InChI=1S/C20H27N3O3/c24-18(8-4-12-21-20(26)16-10-11-16)22-17(15-6-2-1-3-7-15)14-23-13-5-9-19(23)25/h1-3,6-7,16-17H,4-5,8-14H2,(H,21,26)(H,22,24). The molecule has 1 atom stereocenters. The lowest BCUT2D eigenvalue weighted by Crippen LogP contribution is -2.38. The van der Waals surface area contributed by atoms with E-state index in [-0.39, 0.29) is 29.7 Å². The first-order valence-electron chi connectivity index (χ1n) is 9.53. The van der Waals surface area contributed by atoms with Crippen LogP contribution in [0.5, 0.6) is 0 Å². The summed E-state index contributed by atoms with van der Waals surface area (Å²) in [5.41, 5.74) is 1.00. The average molecular weight is 357 g/mol. The van der Waals surface area contributed by atoms with Crippen LogP contribution in [-0.2, 0) is 14.4 Å². The van der Waals surface area contributed by atoms with Gasteiger partial charge < -0.3 is 15.5 Å². The number of nitrogens with zero attached hydrogens (tertiary/aromatic N) is 1. The van der Waals surface area contributed by atoms with Gasteiger partial charge >= 0.3 is 0 Å². The molecule has 1 unspecified atom stereocenters. The lowest BCUT2D eigenvalue weighted by molar-refractivity contribution is -0.129. The monoisotopic (exact) mass is 357 g/mol. The van der Waals surface area contributed by atoms with Gasteiger partial charge in [0.1, 0.15) is 0 Å². The summed E-state index contributed by atoms with van der Waals surface area (Å²) in [6, 6.07) is 9.56. The molecule has 1 saturated carbocycles. The number of amides is 3. The van der Waals surface area contributed by atoms with Crippen molar-refractivity contribution >= 4 is 17.7 Å². The molecule has 2 N–H and O–H groups in total. The summed E-state index contributed by atoms with van der Waals surface area (Å²) >= 11 is 0. The van der Waals surface area contributed by atoms with Crippen molar-refractivity contribution in [2.75, 3.05) is 19.6 Å². The minimum Gasteiger partial charge on any atom is -0.356 e. The summed E-state index contributed by atoms with van der Waals surface area (Å²) in [6.45, 7) is 1.79. The van der Waals surface area contributed by atoms with E-state index in [1.54, 1.807) is 0 Å². The third-order valence-corrected chi connectivity index (χ3v) is 4.94. The van der Waals surface area contributed by atoms with Crippen molar-refractivity contribution in [3.05, 3.63) is 35.9 Å². The van der Waals surface area contributed by atoms with Gasteiger partial charge in [0.2, 0.25) is 17.7 Å². The van der Waals surface area contributed by atoms with Gasteiger partial charge in [-0.3, -0.25) is 14.4 Å². The number of carbonyl (C=O) groups is 3. The summed E-state index contributed by atoms with van der Waals surface area (Å²) in [7, 11) is 0. The highest BCUT2D eigenvalue weighted by molar-refractivity contribution is 5.81. The third kappa shape index (κ3) is 5.31. The van der Waals surface area contributed by atoms with E-state index < -0.39 is 0 Å². The molecule has 3 rings (SSSR count). The predicted molar refractivity (Wildman–Crippen MR) is 98.1 cm³/mol. The van der Waals surface area contributed by atoms with Gasteiger partial charge in [0, 0.05) is 38.4 Å². The molecule has 2 aliphatic rings. The Bertz CT molecular complexity index is 643. The van der Waals surface area contributed by atoms with Crippen molar-refractivity contribution in [2.45, 2.75) is 44.6 Å². The maximum atomic E-state index is 12.3. The molecule has 140 valence electrons. The molecule has 0 bridgehead atoms. The number of rotatable bonds is 9. The maximum absolute atomic E-state index is 12.3. The molecular formula is C20H27N3O3. The Labute approximate surface area is 154 Å². The first-order chi connectivity index (χ1) is 12.6. The number of carbonyl (C=O) groups excluding carboxylic acids is 3. The smallest absolute Gasteiger partial charge is 0.223 e. The minimum absolute atomic E-state index is 0.0498. The van der Waals surface area contributed by atoms with Crippen LogP contribution in [0.3, 0.4) is 0 Å². The van der Waals surface area contributed by atoms with Gasteiger partial charge in [0.05, 0.1) is 6.04 Å². The summed E-state index contributed by atoms with van der Waals surface area (Å²) in [4.78, 5) is 37.7. The van der Waals surface area contributed by atoms with Crippen LogP contribution in [0.1, 0.15) is 50.1 Å². The molecule has 26 heavy (non-hydrogen) atoms. The van der Waals surface area contributed by atoms with Gasteiger partial charge in [-0.05, 0) is 31.2 Å². The highest BCUT2D eigenvalue weighted by Gasteiger charge is 2.29. The largest absolute Gasteiger partial charge is 0.356 e. The second-order valence-corrected chi connectivity index (χ2v) is 7.14. The normalized spacial score (nSPS) is 17.8. The van der Waals surface area contributed by atoms with E-state index in [4.69, 9.17) is 0 Å². The molecule has 1 saturated heterocycles. The Balaban J connectivity index is 1.48. The zero-order chi connectivity index (χ0) is 18.4. The van der Waals surface area contributed by atoms with Crippen LogP contribution in [0.15, 0.2) is 30.3 Å². The molecule has 2 fully saturated rings. The second kappa shape index (κ2) is 8.83. The molecule has 1 aromatic rings. The zero-order valence-corrected chi connectivity index (χ0v) is 15.1. The van der Waals surface area contributed by atoms with E-state index in [1.807, 2.05) is 35.2 Å². The molecule has 1 aliphatic heterocycles. The van der Waals surface area contributed by atoms with Crippen LogP contribution in [0, 0.1) is 5.92 Å². The first kappa shape index (κ1) is 18.4. The fraction of sp³-hybridized carbons (Fsp3) is 0.550. The zero-order valence-electron chi connectivity index (χ0n) is 15.1. The van der Waals surface area contributed by atoms with E-state index >= 15 is 0 Å². The van der Waals surface area contributed by atoms with Crippen LogP contribution in [0.2, 0.25) is 0 Å². The van der Waals surface area contributed by atoms with E-state index in [1.165, 1.54) is 0 Å². The first-order valence-corrected chi connectivity index (χ1v) is 9.53. The van der Waals surface area contributed by atoms with Gasteiger partial charge in [-0.15, -0.1) is 0 Å². The number of hydrogen-bond acceptors (Lipinski definition) is 3.